The molecule has 2 rings (SSSR count). The van der Waals surface area contributed by atoms with Gasteiger partial charge in [-0.1, -0.05) is 13.0 Å². The molecule has 1 aliphatic heterocycles. The van der Waals surface area contributed by atoms with Gasteiger partial charge in [0.1, 0.15) is 5.82 Å². The van der Waals surface area contributed by atoms with Crippen molar-refractivity contribution in [2.45, 2.75) is 39.8 Å². The summed E-state index contributed by atoms with van der Waals surface area (Å²) in [5, 5.41) is 3.31. The Balaban J connectivity index is 1.95. The van der Waals surface area contributed by atoms with Crippen molar-refractivity contribution in [2.75, 3.05) is 37.6 Å². The molecule has 1 saturated heterocycles. The van der Waals surface area contributed by atoms with Crippen LogP contribution < -0.4 is 10.2 Å². The molecule has 0 atom stereocenters. The average Bonchev–Trinajstić information content (AvgIpc) is 2.48. The zero-order valence-electron chi connectivity index (χ0n) is 13.5. The van der Waals surface area contributed by atoms with Gasteiger partial charge in [0.25, 0.3) is 0 Å². The first-order valence-electron chi connectivity index (χ1n) is 8.10. The Morgan fingerprint density at radius 3 is 2.48 bits per heavy atom. The quantitative estimate of drug-likeness (QED) is 0.814. The van der Waals surface area contributed by atoms with Crippen LogP contribution in [0.1, 0.15) is 32.8 Å². The van der Waals surface area contributed by atoms with Crippen molar-refractivity contribution in [1.29, 1.82) is 0 Å². The molecule has 1 aromatic rings. The number of rotatable bonds is 6. The maximum atomic E-state index is 14.3. The highest BCUT2D eigenvalue weighted by atomic mass is 19.1. The lowest BCUT2D eigenvalue weighted by Gasteiger charge is -2.38. The summed E-state index contributed by atoms with van der Waals surface area (Å²) in [7, 11) is 0. The first-order valence-corrected chi connectivity index (χ1v) is 8.10. The smallest absolute Gasteiger partial charge is 0.146 e. The number of benzene rings is 1. The molecule has 1 fully saturated rings. The van der Waals surface area contributed by atoms with Gasteiger partial charge in [0.2, 0.25) is 0 Å². The lowest BCUT2D eigenvalue weighted by molar-refractivity contribution is 0.209. The Bertz CT molecular complexity index is 440. The SMILES string of the molecule is CCCNCc1ccc(N2CCN(C(C)C)CC2)c(F)c1. The predicted octanol–water partition coefficient (Wildman–Crippen LogP) is 2.86. The number of nitrogens with zero attached hydrogens (tertiary/aromatic N) is 2. The Kier molecular flexibility index (Phi) is 6.00. The van der Waals surface area contributed by atoms with Crippen molar-refractivity contribution < 1.29 is 4.39 Å². The molecule has 3 nitrogen and oxygen atoms in total. The number of hydrogen-bond donors (Lipinski definition) is 1. The topological polar surface area (TPSA) is 18.5 Å². The largest absolute Gasteiger partial charge is 0.367 e. The second-order valence-electron chi connectivity index (χ2n) is 6.08. The average molecular weight is 293 g/mol. The normalized spacial score (nSPS) is 16.7. The third kappa shape index (κ3) is 4.42. The molecule has 0 aromatic heterocycles. The number of halogens is 1. The molecule has 0 saturated carbocycles. The van der Waals surface area contributed by atoms with Gasteiger partial charge in [-0.05, 0) is 44.5 Å². The van der Waals surface area contributed by atoms with Crippen LogP contribution in [0.2, 0.25) is 0 Å². The van der Waals surface area contributed by atoms with Gasteiger partial charge in [0.05, 0.1) is 5.69 Å². The van der Waals surface area contributed by atoms with E-state index in [2.05, 4.69) is 35.9 Å². The van der Waals surface area contributed by atoms with Crippen LogP contribution in [0.4, 0.5) is 10.1 Å². The molecule has 0 amide bonds. The summed E-state index contributed by atoms with van der Waals surface area (Å²) < 4.78 is 14.3. The summed E-state index contributed by atoms with van der Waals surface area (Å²) in [4.78, 5) is 4.61. The van der Waals surface area contributed by atoms with E-state index in [0.717, 1.165) is 56.9 Å². The van der Waals surface area contributed by atoms with Crippen LogP contribution in [-0.4, -0.2) is 43.7 Å². The van der Waals surface area contributed by atoms with Gasteiger partial charge in [-0.25, -0.2) is 4.39 Å². The van der Waals surface area contributed by atoms with E-state index >= 15 is 0 Å². The van der Waals surface area contributed by atoms with E-state index in [1.54, 1.807) is 6.07 Å². The van der Waals surface area contributed by atoms with Gasteiger partial charge in [0.15, 0.2) is 0 Å². The predicted molar refractivity (Wildman–Crippen MR) is 87.3 cm³/mol. The van der Waals surface area contributed by atoms with E-state index in [-0.39, 0.29) is 5.82 Å². The molecule has 118 valence electrons. The van der Waals surface area contributed by atoms with Gasteiger partial charge < -0.3 is 10.2 Å². The molecule has 21 heavy (non-hydrogen) atoms. The van der Waals surface area contributed by atoms with E-state index in [4.69, 9.17) is 0 Å². The zero-order valence-corrected chi connectivity index (χ0v) is 13.5. The molecule has 1 N–H and O–H groups in total. The molecule has 4 heteroatoms. The lowest BCUT2D eigenvalue weighted by Crippen LogP contribution is -2.49. The van der Waals surface area contributed by atoms with Crippen molar-refractivity contribution in [3.05, 3.63) is 29.6 Å². The first-order chi connectivity index (χ1) is 10.1. The molecular weight excluding hydrogens is 265 g/mol. The van der Waals surface area contributed by atoms with E-state index < -0.39 is 0 Å². The summed E-state index contributed by atoms with van der Waals surface area (Å²) in [6.45, 7) is 12.1. The summed E-state index contributed by atoms with van der Waals surface area (Å²) in [6.07, 6.45) is 1.10. The van der Waals surface area contributed by atoms with Crippen molar-refractivity contribution in [3.8, 4) is 0 Å². The van der Waals surface area contributed by atoms with Crippen molar-refractivity contribution in [3.63, 3.8) is 0 Å². The summed E-state index contributed by atoms with van der Waals surface area (Å²) >= 11 is 0. The first kappa shape index (κ1) is 16.2. The minimum absolute atomic E-state index is 0.0937. The number of hydrogen-bond acceptors (Lipinski definition) is 3. The Morgan fingerprint density at radius 1 is 1.19 bits per heavy atom. The van der Waals surface area contributed by atoms with E-state index in [9.17, 15) is 4.39 Å². The Morgan fingerprint density at radius 2 is 1.90 bits per heavy atom. The monoisotopic (exact) mass is 293 g/mol. The molecular formula is C17H28FN3. The van der Waals surface area contributed by atoms with Crippen LogP contribution >= 0.6 is 0 Å². The van der Waals surface area contributed by atoms with Crippen LogP contribution in [0.25, 0.3) is 0 Å². The van der Waals surface area contributed by atoms with Crippen LogP contribution in [0.15, 0.2) is 18.2 Å². The third-order valence-corrected chi connectivity index (χ3v) is 4.15. The Hall–Kier alpha value is -1.13. The molecule has 1 heterocycles. The second-order valence-corrected chi connectivity index (χ2v) is 6.08. The van der Waals surface area contributed by atoms with Crippen LogP contribution in [0, 0.1) is 5.82 Å². The van der Waals surface area contributed by atoms with Crippen molar-refractivity contribution >= 4 is 5.69 Å². The lowest BCUT2D eigenvalue weighted by atomic mass is 10.1. The van der Waals surface area contributed by atoms with Crippen molar-refractivity contribution in [2.24, 2.45) is 0 Å². The number of anilines is 1. The highest BCUT2D eigenvalue weighted by Crippen LogP contribution is 2.22. The third-order valence-electron chi connectivity index (χ3n) is 4.15. The van der Waals surface area contributed by atoms with Gasteiger partial charge >= 0.3 is 0 Å². The van der Waals surface area contributed by atoms with Gasteiger partial charge in [-0.3, -0.25) is 4.90 Å². The molecule has 0 aliphatic carbocycles. The van der Waals surface area contributed by atoms with Crippen LogP contribution in [0.5, 0.6) is 0 Å². The van der Waals surface area contributed by atoms with Gasteiger partial charge in [-0.15, -0.1) is 0 Å². The summed E-state index contributed by atoms with van der Waals surface area (Å²) in [6, 6.07) is 6.22. The van der Waals surface area contributed by atoms with Crippen LogP contribution in [-0.2, 0) is 6.54 Å². The molecule has 0 spiro atoms. The molecule has 0 bridgehead atoms. The molecule has 1 aromatic carbocycles. The fourth-order valence-electron chi connectivity index (χ4n) is 2.81. The van der Waals surface area contributed by atoms with Gasteiger partial charge in [-0.2, -0.15) is 0 Å². The van der Waals surface area contributed by atoms with E-state index in [1.165, 1.54) is 0 Å². The fraction of sp³-hybridized carbons (Fsp3) is 0.647. The van der Waals surface area contributed by atoms with E-state index in [0.29, 0.717) is 6.04 Å². The molecule has 0 unspecified atom stereocenters. The molecule has 1 aliphatic rings. The van der Waals surface area contributed by atoms with Crippen molar-refractivity contribution in [1.82, 2.24) is 10.2 Å². The maximum Gasteiger partial charge on any atom is 0.146 e. The minimum Gasteiger partial charge on any atom is -0.367 e. The summed E-state index contributed by atoms with van der Waals surface area (Å²) in [5.74, 6) is -0.0937. The number of piperazine rings is 1. The zero-order chi connectivity index (χ0) is 15.2. The van der Waals surface area contributed by atoms with Crippen LogP contribution in [0.3, 0.4) is 0 Å². The summed E-state index contributed by atoms with van der Waals surface area (Å²) in [5.41, 5.74) is 1.77. The molecule has 0 radical (unpaired) electrons. The van der Waals surface area contributed by atoms with Gasteiger partial charge in [0, 0.05) is 38.8 Å². The second kappa shape index (κ2) is 7.76. The highest BCUT2D eigenvalue weighted by molar-refractivity contribution is 5.49. The fourth-order valence-corrected chi connectivity index (χ4v) is 2.81. The standard InChI is InChI=1S/C17H28FN3/c1-4-7-19-13-15-5-6-17(16(18)12-15)21-10-8-20(9-11-21)14(2)3/h5-6,12,14,19H,4,7-11,13H2,1-3H3. The number of nitrogens with one attached hydrogen (secondary N) is 1. The highest BCUT2D eigenvalue weighted by Gasteiger charge is 2.20. The van der Waals surface area contributed by atoms with E-state index in [1.807, 2.05) is 12.1 Å². The Labute approximate surface area is 128 Å². The maximum absolute atomic E-state index is 14.3. The minimum atomic E-state index is -0.0937.